The van der Waals surface area contributed by atoms with Crippen LogP contribution < -0.4 is 16.4 Å². The highest BCUT2D eigenvalue weighted by Gasteiger charge is 2.39. The topological polar surface area (TPSA) is 120 Å². The van der Waals surface area contributed by atoms with E-state index < -0.39 is 23.3 Å². The molecule has 0 unspecified atom stereocenters. The Bertz CT molecular complexity index is 1180. The summed E-state index contributed by atoms with van der Waals surface area (Å²) in [6.45, 7) is 0.764. The Kier molecular flexibility index (Phi) is 5.16. The molecule has 3 N–H and O–H groups in total. The lowest BCUT2D eigenvalue weighted by Gasteiger charge is -2.22. The van der Waals surface area contributed by atoms with Crippen LogP contribution in [0.4, 0.5) is 0 Å². The molecule has 2 aromatic carbocycles. The number of nitrogens with one attached hydrogen (secondary N) is 2. The number of nitrogens with zero attached hydrogens (tertiary/aromatic N) is 2. The third kappa shape index (κ3) is 3.73. The van der Waals surface area contributed by atoms with Gasteiger partial charge in [-0.15, -0.1) is 0 Å². The number of carbonyl (C=O) groups is 1. The number of oxazole rings is 1. The van der Waals surface area contributed by atoms with Crippen molar-refractivity contribution in [3.8, 4) is 17.2 Å². The Morgan fingerprint density at radius 2 is 2.07 bits per heavy atom. The number of hydrogen-bond acceptors (Lipinski definition) is 6. The van der Waals surface area contributed by atoms with Crippen LogP contribution >= 0.6 is 0 Å². The molecule has 154 valence electrons. The number of aromatic nitrogens is 1. The van der Waals surface area contributed by atoms with Gasteiger partial charge in [-0.25, -0.2) is 4.79 Å². The molecule has 0 aliphatic carbocycles. The minimum atomic E-state index is -1.45. The van der Waals surface area contributed by atoms with Crippen LogP contribution in [0.1, 0.15) is 12.0 Å². The van der Waals surface area contributed by atoms with Crippen molar-refractivity contribution in [2.45, 2.75) is 24.5 Å². The van der Waals surface area contributed by atoms with Crippen LogP contribution in [0.2, 0.25) is 0 Å². The maximum absolute atomic E-state index is 12.3. The van der Waals surface area contributed by atoms with E-state index in [1.54, 1.807) is 13.1 Å². The predicted molar refractivity (Wildman–Crippen MR) is 111 cm³/mol. The summed E-state index contributed by atoms with van der Waals surface area (Å²) in [4.78, 5) is 24.0. The Labute approximate surface area is 172 Å². The van der Waals surface area contributed by atoms with Gasteiger partial charge in [0.15, 0.2) is 11.2 Å². The van der Waals surface area contributed by atoms with Gasteiger partial charge in [-0.2, -0.15) is 5.26 Å². The first-order valence-electron chi connectivity index (χ1n) is 9.72. The summed E-state index contributed by atoms with van der Waals surface area (Å²) in [6, 6.07) is 14.6. The van der Waals surface area contributed by atoms with E-state index in [4.69, 9.17) is 4.42 Å². The number of aryl methyl sites for hydroxylation is 1. The van der Waals surface area contributed by atoms with Crippen molar-refractivity contribution in [3.05, 3.63) is 58.6 Å². The molecule has 1 saturated heterocycles. The van der Waals surface area contributed by atoms with Gasteiger partial charge in [-0.3, -0.25) is 9.36 Å². The fraction of sp³-hybridized carbons (Fsp3) is 0.318. The lowest BCUT2D eigenvalue weighted by molar-refractivity contribution is -0.138. The average Bonchev–Trinajstić information content (AvgIpc) is 3.32. The number of amides is 1. The Morgan fingerprint density at radius 1 is 1.33 bits per heavy atom. The van der Waals surface area contributed by atoms with Gasteiger partial charge in [0.2, 0.25) is 0 Å². The summed E-state index contributed by atoms with van der Waals surface area (Å²) in [5.41, 5.74) is 2.58. The third-order valence-corrected chi connectivity index (χ3v) is 5.54. The van der Waals surface area contributed by atoms with E-state index in [1.807, 2.05) is 36.4 Å². The van der Waals surface area contributed by atoms with Gasteiger partial charge in [0.25, 0.3) is 5.91 Å². The van der Waals surface area contributed by atoms with E-state index in [0.29, 0.717) is 30.5 Å². The van der Waals surface area contributed by atoms with Crippen molar-refractivity contribution >= 4 is 17.0 Å². The van der Waals surface area contributed by atoms with Gasteiger partial charge in [-0.1, -0.05) is 30.3 Å². The summed E-state index contributed by atoms with van der Waals surface area (Å²) in [6.07, 6.45) is 0.666. The zero-order valence-electron chi connectivity index (χ0n) is 16.5. The lowest BCUT2D eigenvalue weighted by Crippen LogP contribution is -2.51. The van der Waals surface area contributed by atoms with Crippen LogP contribution in [0, 0.1) is 11.3 Å². The van der Waals surface area contributed by atoms with Crippen LogP contribution in [-0.4, -0.2) is 40.3 Å². The van der Waals surface area contributed by atoms with E-state index >= 15 is 0 Å². The first-order valence-corrected chi connectivity index (χ1v) is 9.72. The number of benzene rings is 2. The molecule has 0 saturated carbocycles. The second-order valence-electron chi connectivity index (χ2n) is 7.62. The molecular formula is C22H22N4O4. The monoisotopic (exact) mass is 406 g/mol. The molecule has 2 heterocycles. The van der Waals surface area contributed by atoms with Gasteiger partial charge >= 0.3 is 5.76 Å². The number of nitriles is 1. The van der Waals surface area contributed by atoms with Crippen LogP contribution in [0.3, 0.4) is 0 Å². The number of aliphatic hydroxyl groups is 1. The second kappa shape index (κ2) is 7.78. The molecule has 2 atom stereocenters. The number of fused-ring (bicyclic) bond motifs is 1. The molecule has 1 aliphatic rings. The Hall–Kier alpha value is -3.41. The Balaban J connectivity index is 1.48. The maximum atomic E-state index is 12.3. The standard InChI is InChI=1S/C22H22N4O4/c1-26-18-11-16(6-7-19(18)30-21(26)28)15-4-2-14(3-5-15)10-17(12-23)25-20(27)22(29)8-9-24-13-22/h2-7,11,17,24,29H,8-10,13H2,1H3,(H,25,27)/t17-,22+/m0/s1. The van der Waals surface area contributed by atoms with Crippen LogP contribution in [0.25, 0.3) is 22.2 Å². The van der Waals surface area contributed by atoms with Crippen molar-refractivity contribution in [3.63, 3.8) is 0 Å². The fourth-order valence-corrected chi connectivity index (χ4v) is 3.67. The van der Waals surface area contributed by atoms with Gasteiger partial charge in [0, 0.05) is 20.0 Å². The first kappa shape index (κ1) is 19.9. The van der Waals surface area contributed by atoms with E-state index in [0.717, 1.165) is 16.7 Å². The molecular weight excluding hydrogens is 384 g/mol. The maximum Gasteiger partial charge on any atom is 0.419 e. The zero-order chi connectivity index (χ0) is 21.3. The second-order valence-corrected chi connectivity index (χ2v) is 7.62. The molecule has 4 rings (SSSR count). The van der Waals surface area contributed by atoms with Gasteiger partial charge in [-0.05, 0) is 41.8 Å². The van der Waals surface area contributed by atoms with Crippen molar-refractivity contribution in [2.24, 2.45) is 7.05 Å². The number of carbonyl (C=O) groups excluding carboxylic acids is 1. The van der Waals surface area contributed by atoms with Crippen molar-refractivity contribution in [2.75, 3.05) is 13.1 Å². The lowest BCUT2D eigenvalue weighted by atomic mass is 9.99. The fourth-order valence-electron chi connectivity index (χ4n) is 3.67. The van der Waals surface area contributed by atoms with Crippen LogP contribution in [0.15, 0.2) is 51.7 Å². The summed E-state index contributed by atoms with van der Waals surface area (Å²) < 4.78 is 6.62. The van der Waals surface area contributed by atoms with Gasteiger partial charge in [0.05, 0.1) is 11.6 Å². The molecule has 1 fully saturated rings. The van der Waals surface area contributed by atoms with E-state index in [-0.39, 0.29) is 6.54 Å². The molecule has 3 aromatic rings. The summed E-state index contributed by atoms with van der Waals surface area (Å²) in [5, 5.41) is 25.3. The minimum absolute atomic E-state index is 0.193. The number of rotatable bonds is 5. The molecule has 0 radical (unpaired) electrons. The van der Waals surface area contributed by atoms with Crippen molar-refractivity contribution < 1.29 is 14.3 Å². The Morgan fingerprint density at radius 3 is 2.73 bits per heavy atom. The number of hydrogen-bond donors (Lipinski definition) is 3. The molecule has 1 amide bonds. The van der Waals surface area contributed by atoms with E-state index in [9.17, 15) is 20.0 Å². The molecule has 8 nitrogen and oxygen atoms in total. The average molecular weight is 406 g/mol. The highest BCUT2D eigenvalue weighted by Crippen LogP contribution is 2.24. The van der Waals surface area contributed by atoms with Gasteiger partial charge in [0.1, 0.15) is 6.04 Å². The summed E-state index contributed by atoms with van der Waals surface area (Å²) in [7, 11) is 1.66. The molecule has 0 bridgehead atoms. The van der Waals surface area contributed by atoms with E-state index in [1.165, 1.54) is 4.57 Å². The summed E-state index contributed by atoms with van der Waals surface area (Å²) >= 11 is 0. The van der Waals surface area contributed by atoms with Crippen LogP contribution in [-0.2, 0) is 18.3 Å². The predicted octanol–water partition coefficient (Wildman–Crippen LogP) is 1.07. The van der Waals surface area contributed by atoms with Crippen molar-refractivity contribution in [1.29, 1.82) is 5.26 Å². The first-order chi connectivity index (χ1) is 14.4. The molecule has 0 spiro atoms. The molecule has 1 aromatic heterocycles. The number of β-amino-alcohol motifs (C(OH)–C–C–N with tert-alkyl or cyclic N) is 1. The van der Waals surface area contributed by atoms with Gasteiger partial charge < -0.3 is 20.2 Å². The third-order valence-electron chi connectivity index (χ3n) is 5.54. The molecule has 1 aliphatic heterocycles. The zero-order valence-corrected chi connectivity index (χ0v) is 16.5. The quantitative estimate of drug-likeness (QED) is 0.583. The highest BCUT2D eigenvalue weighted by atomic mass is 16.4. The molecule has 30 heavy (non-hydrogen) atoms. The normalized spacial score (nSPS) is 19.5. The SMILES string of the molecule is Cn1c(=O)oc2ccc(-c3ccc(C[C@@H](C#N)NC(=O)[C@@]4(O)CCNC4)cc3)cc21. The highest BCUT2D eigenvalue weighted by molar-refractivity contribution is 5.86. The van der Waals surface area contributed by atoms with Crippen molar-refractivity contribution in [1.82, 2.24) is 15.2 Å². The van der Waals surface area contributed by atoms with Crippen LogP contribution in [0.5, 0.6) is 0 Å². The van der Waals surface area contributed by atoms with E-state index in [2.05, 4.69) is 16.7 Å². The largest absolute Gasteiger partial charge is 0.419 e. The molecule has 8 heteroatoms. The summed E-state index contributed by atoms with van der Waals surface area (Å²) in [5.74, 6) is -0.921. The smallest absolute Gasteiger partial charge is 0.408 e. The minimum Gasteiger partial charge on any atom is -0.408 e.